The molecule has 10 nitrogen and oxygen atoms in total. The molecular formula is C36H47N3O7S. The van der Waals surface area contributed by atoms with E-state index in [0.29, 0.717) is 36.2 Å². The largest absolute Gasteiger partial charge is 0.466 e. The van der Waals surface area contributed by atoms with Crippen LogP contribution in [0.1, 0.15) is 99.8 Å². The molecular weight excluding hydrogens is 618 g/mol. The Morgan fingerprint density at radius 1 is 0.851 bits per heavy atom. The summed E-state index contributed by atoms with van der Waals surface area (Å²) in [5.41, 5.74) is 7.44. The number of fused-ring (bicyclic) bond motifs is 2. The number of amides is 3. The number of carbonyl (C=O) groups excluding carboxylic acids is 5. The van der Waals surface area contributed by atoms with E-state index in [4.69, 9.17) is 15.2 Å². The van der Waals surface area contributed by atoms with E-state index in [0.717, 1.165) is 43.4 Å². The normalized spacial score (nSPS) is 18.4. The zero-order valence-electron chi connectivity index (χ0n) is 27.9. The predicted molar refractivity (Wildman–Crippen MR) is 181 cm³/mol. The highest BCUT2D eigenvalue weighted by Crippen LogP contribution is 2.42. The Hall–Kier alpha value is -3.70. The highest BCUT2D eigenvalue weighted by molar-refractivity contribution is 8.00. The number of benzene rings is 2. The van der Waals surface area contributed by atoms with E-state index in [1.807, 2.05) is 12.1 Å². The number of hydrogen-bond donors (Lipinski definition) is 1. The summed E-state index contributed by atoms with van der Waals surface area (Å²) in [7, 11) is 0. The molecule has 0 spiro atoms. The summed E-state index contributed by atoms with van der Waals surface area (Å²) in [4.78, 5) is 69.0. The molecule has 2 aromatic carbocycles. The molecule has 0 saturated heterocycles. The molecule has 0 radical (unpaired) electrons. The topological polar surface area (TPSA) is 136 Å². The van der Waals surface area contributed by atoms with Gasteiger partial charge in [-0.25, -0.2) is 0 Å². The van der Waals surface area contributed by atoms with Crippen molar-refractivity contribution >= 4 is 47.1 Å². The van der Waals surface area contributed by atoms with Crippen LogP contribution in [0.25, 0.3) is 0 Å². The maximum Gasteiger partial charge on any atom is 0.326 e. The van der Waals surface area contributed by atoms with Gasteiger partial charge in [-0.1, -0.05) is 62.8 Å². The van der Waals surface area contributed by atoms with Gasteiger partial charge in [0.2, 0.25) is 5.91 Å². The van der Waals surface area contributed by atoms with Gasteiger partial charge in [0.15, 0.2) is 0 Å². The maximum absolute atomic E-state index is 14.2. The van der Waals surface area contributed by atoms with Crippen molar-refractivity contribution < 1.29 is 33.4 Å². The lowest BCUT2D eigenvalue weighted by Crippen LogP contribution is -2.49. The van der Waals surface area contributed by atoms with Crippen LogP contribution in [0.15, 0.2) is 53.4 Å². The van der Waals surface area contributed by atoms with Crippen molar-refractivity contribution in [2.45, 2.75) is 94.9 Å². The van der Waals surface area contributed by atoms with Crippen molar-refractivity contribution in [1.82, 2.24) is 4.90 Å². The van der Waals surface area contributed by atoms with Crippen LogP contribution in [0.5, 0.6) is 0 Å². The number of thioether (sulfide) groups is 1. The first-order chi connectivity index (χ1) is 22.4. The lowest BCUT2D eigenvalue weighted by atomic mass is 9.85. The molecule has 254 valence electrons. The van der Waals surface area contributed by atoms with E-state index in [1.54, 1.807) is 64.1 Å². The van der Waals surface area contributed by atoms with Crippen LogP contribution in [-0.4, -0.2) is 65.2 Å². The SMILES string of the molecule is CCOC(=O)[C@H](CCCCCCCCCN1C(=O)c2ccccc2C1=O)[C@@H]1C(=O)N(CC(=O)OC(C)(C)C)c2ccccc2SC1N. The van der Waals surface area contributed by atoms with E-state index in [1.165, 1.54) is 21.6 Å². The number of anilines is 1. The van der Waals surface area contributed by atoms with Gasteiger partial charge in [-0.3, -0.25) is 33.8 Å². The molecule has 3 amide bonds. The van der Waals surface area contributed by atoms with E-state index < -0.39 is 40.7 Å². The van der Waals surface area contributed by atoms with Crippen LogP contribution in [0.2, 0.25) is 0 Å². The average molecular weight is 666 g/mol. The molecule has 3 atom stereocenters. The van der Waals surface area contributed by atoms with Gasteiger partial charge in [0.1, 0.15) is 12.1 Å². The minimum absolute atomic E-state index is 0.182. The van der Waals surface area contributed by atoms with Crippen molar-refractivity contribution in [3.8, 4) is 0 Å². The second kappa shape index (κ2) is 16.4. The Bertz CT molecular complexity index is 1420. The summed E-state index contributed by atoms with van der Waals surface area (Å²) >= 11 is 1.32. The van der Waals surface area contributed by atoms with Crippen LogP contribution in [-0.2, 0) is 23.9 Å². The Balaban J connectivity index is 1.31. The zero-order chi connectivity index (χ0) is 34.1. The molecule has 4 rings (SSSR count). The first-order valence-electron chi connectivity index (χ1n) is 16.6. The smallest absolute Gasteiger partial charge is 0.326 e. The standard InChI is InChI=1S/C36H47N3O7S/c1-5-45-35(44)26(19-11-9-7-6-8-10-16-22-38-32(41)24-17-12-13-18-25(24)33(38)42)30-31(37)47-28-21-15-14-20-27(28)39(34(30)43)23-29(40)46-36(2,3)4/h12-15,17-18,20-21,26,30-31H,5-11,16,19,22-23,37H2,1-4H3/t26-,30+,31?/m1/s1. The number of para-hydroxylation sites is 1. The molecule has 0 aliphatic carbocycles. The number of imide groups is 1. The molecule has 0 bridgehead atoms. The molecule has 2 aliphatic heterocycles. The molecule has 47 heavy (non-hydrogen) atoms. The van der Waals surface area contributed by atoms with Gasteiger partial charge in [-0.2, -0.15) is 0 Å². The van der Waals surface area contributed by atoms with Gasteiger partial charge in [0, 0.05) is 11.4 Å². The van der Waals surface area contributed by atoms with Gasteiger partial charge in [-0.15, -0.1) is 11.8 Å². The van der Waals surface area contributed by atoms with E-state index in [9.17, 15) is 24.0 Å². The van der Waals surface area contributed by atoms with Crippen molar-refractivity contribution in [2.24, 2.45) is 17.6 Å². The highest BCUT2D eigenvalue weighted by atomic mass is 32.2. The Morgan fingerprint density at radius 2 is 1.43 bits per heavy atom. The molecule has 2 heterocycles. The molecule has 2 aromatic rings. The summed E-state index contributed by atoms with van der Waals surface area (Å²) in [6.45, 7) is 7.35. The van der Waals surface area contributed by atoms with Gasteiger partial charge in [-0.05, 0) is 64.8 Å². The second-order valence-electron chi connectivity index (χ2n) is 13.0. The fourth-order valence-corrected chi connectivity index (χ4v) is 7.36. The maximum atomic E-state index is 14.2. The third-order valence-electron chi connectivity index (χ3n) is 8.33. The van der Waals surface area contributed by atoms with Crippen LogP contribution < -0.4 is 10.6 Å². The minimum Gasteiger partial charge on any atom is -0.466 e. The van der Waals surface area contributed by atoms with Crippen molar-refractivity contribution in [3.05, 3.63) is 59.7 Å². The van der Waals surface area contributed by atoms with Crippen LogP contribution in [0, 0.1) is 11.8 Å². The fraction of sp³-hybridized carbons (Fsp3) is 0.528. The van der Waals surface area contributed by atoms with E-state index >= 15 is 0 Å². The van der Waals surface area contributed by atoms with Gasteiger partial charge >= 0.3 is 11.9 Å². The summed E-state index contributed by atoms with van der Waals surface area (Å²) in [6, 6.07) is 14.2. The molecule has 2 aliphatic rings. The number of unbranched alkanes of at least 4 members (excludes halogenated alkanes) is 6. The van der Waals surface area contributed by atoms with Crippen LogP contribution in [0.3, 0.4) is 0 Å². The number of nitrogens with two attached hydrogens (primary N) is 1. The summed E-state index contributed by atoms with van der Waals surface area (Å²) in [5, 5.41) is -0.719. The number of nitrogens with zero attached hydrogens (tertiary/aromatic N) is 2. The number of esters is 2. The molecule has 11 heteroatoms. The van der Waals surface area contributed by atoms with Crippen molar-refractivity contribution in [1.29, 1.82) is 0 Å². The number of ether oxygens (including phenoxy) is 2. The first kappa shape index (κ1) is 36.1. The van der Waals surface area contributed by atoms with Crippen molar-refractivity contribution in [2.75, 3.05) is 24.6 Å². The Morgan fingerprint density at radius 3 is 2.04 bits per heavy atom. The lowest BCUT2D eigenvalue weighted by Gasteiger charge is -2.31. The van der Waals surface area contributed by atoms with Crippen molar-refractivity contribution in [3.63, 3.8) is 0 Å². The predicted octanol–water partition coefficient (Wildman–Crippen LogP) is 5.96. The summed E-state index contributed by atoms with van der Waals surface area (Å²) < 4.78 is 11.0. The van der Waals surface area contributed by atoms with Gasteiger partial charge < -0.3 is 15.2 Å². The molecule has 0 saturated carbocycles. The van der Waals surface area contributed by atoms with Crippen LogP contribution >= 0.6 is 11.8 Å². The first-order valence-corrected chi connectivity index (χ1v) is 17.5. The summed E-state index contributed by atoms with van der Waals surface area (Å²) in [6.07, 6.45) is 6.53. The Kier molecular flexibility index (Phi) is 12.6. The van der Waals surface area contributed by atoms with Gasteiger partial charge in [0.25, 0.3) is 11.8 Å². The monoisotopic (exact) mass is 665 g/mol. The third-order valence-corrected chi connectivity index (χ3v) is 9.49. The molecule has 1 unspecified atom stereocenters. The average Bonchev–Trinajstić information content (AvgIpc) is 3.20. The minimum atomic E-state index is -0.893. The van der Waals surface area contributed by atoms with Gasteiger partial charge in [0.05, 0.1) is 40.6 Å². The van der Waals surface area contributed by atoms with Crippen LogP contribution in [0.4, 0.5) is 5.69 Å². The number of carbonyl (C=O) groups is 5. The zero-order valence-corrected chi connectivity index (χ0v) is 28.7. The quantitative estimate of drug-likeness (QED) is 0.139. The molecule has 0 aromatic heterocycles. The Labute approximate surface area is 281 Å². The molecule has 0 fully saturated rings. The fourth-order valence-electron chi connectivity index (χ4n) is 6.16. The summed E-state index contributed by atoms with van der Waals surface area (Å²) in [5.74, 6) is -3.49. The van der Waals surface area contributed by atoms with E-state index in [2.05, 4.69) is 0 Å². The highest BCUT2D eigenvalue weighted by Gasteiger charge is 2.44. The number of hydrogen-bond acceptors (Lipinski definition) is 9. The lowest BCUT2D eigenvalue weighted by molar-refractivity contribution is -0.154. The molecule has 2 N–H and O–H groups in total. The number of rotatable bonds is 15. The van der Waals surface area contributed by atoms with E-state index in [-0.39, 0.29) is 25.0 Å². The second-order valence-corrected chi connectivity index (χ2v) is 14.2. The third kappa shape index (κ3) is 9.22.